The molecule has 4 nitrogen and oxygen atoms in total. The summed E-state index contributed by atoms with van der Waals surface area (Å²) >= 11 is 12.0. The lowest BCUT2D eigenvalue weighted by molar-refractivity contribution is 0.0601. The normalized spacial score (nSPS) is 10.3. The average Bonchev–Trinajstić information content (AvgIpc) is 2.38. The maximum Gasteiger partial charge on any atom is 0.338 e. The van der Waals surface area contributed by atoms with Crippen LogP contribution in [0, 0.1) is 0 Å². The van der Waals surface area contributed by atoms with Crippen LogP contribution in [-0.2, 0) is 4.74 Å². The Kier molecular flexibility index (Phi) is 3.93. The van der Waals surface area contributed by atoms with Crippen LogP contribution in [0.1, 0.15) is 10.4 Å². The third-order valence-electron chi connectivity index (χ3n) is 2.59. The van der Waals surface area contributed by atoms with E-state index in [4.69, 9.17) is 33.7 Å². The maximum absolute atomic E-state index is 11.8. The first-order valence-corrected chi connectivity index (χ1v) is 6.08. The van der Waals surface area contributed by atoms with E-state index in [0.29, 0.717) is 26.7 Å². The van der Waals surface area contributed by atoms with Crippen molar-refractivity contribution in [2.75, 3.05) is 12.8 Å². The number of carbonyl (C=O) groups is 1. The van der Waals surface area contributed by atoms with Gasteiger partial charge in [-0.1, -0.05) is 29.3 Å². The molecule has 0 aliphatic heterocycles. The van der Waals surface area contributed by atoms with Gasteiger partial charge in [0, 0.05) is 22.3 Å². The molecular weight excluding hydrogens is 287 g/mol. The quantitative estimate of drug-likeness (QED) is 0.862. The van der Waals surface area contributed by atoms with Crippen molar-refractivity contribution < 1.29 is 9.53 Å². The smallest absolute Gasteiger partial charge is 0.338 e. The molecule has 0 spiro atoms. The monoisotopic (exact) mass is 296 g/mol. The number of nitrogen functional groups attached to an aromatic ring is 1. The van der Waals surface area contributed by atoms with Crippen molar-refractivity contribution in [3.8, 4) is 11.1 Å². The topological polar surface area (TPSA) is 65.2 Å². The minimum Gasteiger partial charge on any atom is -0.465 e. The molecule has 1 aromatic carbocycles. The van der Waals surface area contributed by atoms with Crippen LogP contribution < -0.4 is 5.73 Å². The Labute approximate surface area is 120 Å². The number of carbonyl (C=O) groups excluding carboxylic acids is 1. The number of ether oxygens (including phenoxy) is 1. The molecule has 0 atom stereocenters. The number of halogens is 2. The fourth-order valence-electron chi connectivity index (χ4n) is 1.73. The van der Waals surface area contributed by atoms with Crippen molar-refractivity contribution in [3.63, 3.8) is 0 Å². The van der Waals surface area contributed by atoms with E-state index < -0.39 is 5.97 Å². The number of pyridine rings is 1. The number of hydrogen-bond acceptors (Lipinski definition) is 4. The van der Waals surface area contributed by atoms with Crippen LogP contribution in [0.25, 0.3) is 11.1 Å². The van der Waals surface area contributed by atoms with Gasteiger partial charge in [0.05, 0.1) is 17.7 Å². The fourth-order valence-corrected chi connectivity index (χ4v) is 2.24. The van der Waals surface area contributed by atoms with Gasteiger partial charge in [-0.3, -0.25) is 0 Å². The Morgan fingerprint density at radius 1 is 1.32 bits per heavy atom. The average molecular weight is 297 g/mol. The van der Waals surface area contributed by atoms with Crippen LogP contribution >= 0.6 is 23.2 Å². The minimum atomic E-state index is -0.505. The predicted molar refractivity (Wildman–Crippen MR) is 75.4 cm³/mol. The van der Waals surface area contributed by atoms with E-state index in [1.54, 1.807) is 18.2 Å². The van der Waals surface area contributed by atoms with Gasteiger partial charge < -0.3 is 10.5 Å². The van der Waals surface area contributed by atoms with Gasteiger partial charge in [0.25, 0.3) is 0 Å². The van der Waals surface area contributed by atoms with Crippen molar-refractivity contribution in [3.05, 3.63) is 46.1 Å². The highest BCUT2D eigenvalue weighted by Crippen LogP contribution is 2.35. The molecule has 0 bridgehead atoms. The van der Waals surface area contributed by atoms with E-state index in [9.17, 15) is 4.79 Å². The number of benzene rings is 1. The molecular formula is C13H10Cl2N2O2. The van der Waals surface area contributed by atoms with Gasteiger partial charge in [0.2, 0.25) is 0 Å². The highest BCUT2D eigenvalue weighted by molar-refractivity contribution is 6.36. The second kappa shape index (κ2) is 5.47. The zero-order valence-electron chi connectivity index (χ0n) is 9.98. The largest absolute Gasteiger partial charge is 0.465 e. The Hall–Kier alpha value is -1.78. The summed E-state index contributed by atoms with van der Waals surface area (Å²) in [4.78, 5) is 15.7. The van der Waals surface area contributed by atoms with E-state index in [-0.39, 0.29) is 5.82 Å². The summed E-state index contributed by atoms with van der Waals surface area (Å²) in [6, 6.07) is 6.45. The van der Waals surface area contributed by atoms with Crippen LogP contribution in [0.2, 0.25) is 10.0 Å². The molecule has 0 radical (unpaired) electrons. The number of nitrogens with zero attached hydrogens (tertiary/aromatic N) is 1. The summed E-state index contributed by atoms with van der Waals surface area (Å²) in [5.41, 5.74) is 7.17. The van der Waals surface area contributed by atoms with E-state index in [0.717, 1.165) is 0 Å². The van der Waals surface area contributed by atoms with Gasteiger partial charge in [-0.2, -0.15) is 0 Å². The lowest BCUT2D eigenvalue weighted by Gasteiger charge is -2.11. The Morgan fingerprint density at radius 3 is 2.68 bits per heavy atom. The number of rotatable bonds is 2. The molecule has 0 saturated heterocycles. The molecule has 0 amide bonds. The Balaban J connectivity index is 2.70. The Morgan fingerprint density at radius 2 is 2.05 bits per heavy atom. The van der Waals surface area contributed by atoms with Gasteiger partial charge in [-0.15, -0.1) is 0 Å². The van der Waals surface area contributed by atoms with Crippen LogP contribution in [0.5, 0.6) is 0 Å². The van der Waals surface area contributed by atoms with Gasteiger partial charge in [-0.05, 0) is 18.2 Å². The third kappa shape index (κ3) is 2.64. The highest BCUT2D eigenvalue weighted by Gasteiger charge is 2.18. The van der Waals surface area contributed by atoms with E-state index in [1.165, 1.54) is 19.4 Å². The minimum absolute atomic E-state index is 0.201. The number of methoxy groups -OCH3 is 1. The van der Waals surface area contributed by atoms with Crippen molar-refractivity contribution in [2.45, 2.75) is 0 Å². The number of hydrogen-bond donors (Lipinski definition) is 1. The summed E-state index contributed by atoms with van der Waals surface area (Å²) in [6.07, 6.45) is 1.44. The first kappa shape index (κ1) is 13.6. The predicted octanol–water partition coefficient (Wildman–Crippen LogP) is 3.42. The van der Waals surface area contributed by atoms with E-state index in [1.807, 2.05) is 0 Å². The molecule has 6 heteroatoms. The number of aromatic nitrogens is 1. The summed E-state index contributed by atoms with van der Waals surface area (Å²) in [7, 11) is 1.30. The number of esters is 1. The first-order chi connectivity index (χ1) is 9.04. The molecule has 98 valence electrons. The highest BCUT2D eigenvalue weighted by atomic mass is 35.5. The summed E-state index contributed by atoms with van der Waals surface area (Å²) < 4.78 is 4.73. The molecule has 1 heterocycles. The van der Waals surface area contributed by atoms with Crippen LogP contribution in [0.15, 0.2) is 30.5 Å². The van der Waals surface area contributed by atoms with Crippen molar-refractivity contribution in [2.24, 2.45) is 0 Å². The standard InChI is InChI=1S/C13H10Cl2N2O2/c1-19-13(18)9-4-5-17-12(16)11(9)8-3-2-7(14)6-10(8)15/h2-6H,1H3,(H2,16,17). The van der Waals surface area contributed by atoms with E-state index >= 15 is 0 Å². The van der Waals surface area contributed by atoms with Crippen LogP contribution in [0.4, 0.5) is 5.82 Å². The number of anilines is 1. The van der Waals surface area contributed by atoms with Crippen LogP contribution in [-0.4, -0.2) is 18.1 Å². The molecule has 1 aromatic heterocycles. The second-order valence-electron chi connectivity index (χ2n) is 3.73. The first-order valence-electron chi connectivity index (χ1n) is 5.32. The summed E-state index contributed by atoms with van der Waals surface area (Å²) in [5.74, 6) is -0.303. The van der Waals surface area contributed by atoms with Gasteiger partial charge in [0.15, 0.2) is 0 Å². The zero-order chi connectivity index (χ0) is 14.0. The molecule has 0 fully saturated rings. The molecule has 0 aliphatic carbocycles. The molecule has 19 heavy (non-hydrogen) atoms. The molecule has 2 rings (SSSR count). The molecule has 0 saturated carbocycles. The maximum atomic E-state index is 11.8. The SMILES string of the molecule is COC(=O)c1ccnc(N)c1-c1ccc(Cl)cc1Cl. The summed E-state index contributed by atoms with van der Waals surface area (Å²) in [5, 5.41) is 0.883. The van der Waals surface area contributed by atoms with Crippen molar-refractivity contribution >= 4 is 35.0 Å². The Bertz CT molecular complexity index is 645. The lowest BCUT2D eigenvalue weighted by atomic mass is 10.0. The molecule has 2 aromatic rings. The lowest BCUT2D eigenvalue weighted by Crippen LogP contribution is -2.07. The van der Waals surface area contributed by atoms with Gasteiger partial charge in [0.1, 0.15) is 5.82 Å². The second-order valence-corrected chi connectivity index (χ2v) is 4.58. The molecule has 0 unspecified atom stereocenters. The zero-order valence-corrected chi connectivity index (χ0v) is 11.5. The third-order valence-corrected chi connectivity index (χ3v) is 3.13. The van der Waals surface area contributed by atoms with Crippen LogP contribution in [0.3, 0.4) is 0 Å². The molecule has 2 N–H and O–H groups in total. The van der Waals surface area contributed by atoms with Crippen molar-refractivity contribution in [1.29, 1.82) is 0 Å². The molecule has 0 aliphatic rings. The van der Waals surface area contributed by atoms with Gasteiger partial charge >= 0.3 is 5.97 Å². The van der Waals surface area contributed by atoms with Crippen molar-refractivity contribution in [1.82, 2.24) is 4.98 Å². The number of nitrogens with two attached hydrogens (primary N) is 1. The fraction of sp³-hybridized carbons (Fsp3) is 0.0769. The summed E-state index contributed by atoms with van der Waals surface area (Å²) in [6.45, 7) is 0. The van der Waals surface area contributed by atoms with E-state index in [2.05, 4.69) is 4.98 Å². The van der Waals surface area contributed by atoms with Gasteiger partial charge in [-0.25, -0.2) is 9.78 Å².